The molecule has 3 saturated carbocycles. The SMILES string of the molecule is FC1CCC(OC(F)(F)C2C(F)CC(C3CCCCC3)CC2F)CC1F. The van der Waals surface area contributed by atoms with Gasteiger partial charge in [-0.1, -0.05) is 32.1 Å². The van der Waals surface area contributed by atoms with Crippen LogP contribution < -0.4 is 0 Å². The van der Waals surface area contributed by atoms with Gasteiger partial charge in [-0.05, 0) is 37.5 Å². The van der Waals surface area contributed by atoms with Crippen molar-refractivity contribution in [2.45, 2.75) is 101 Å². The fraction of sp³-hybridized carbons (Fsp3) is 1.00. The molecule has 0 aromatic rings. The largest absolute Gasteiger partial charge is 0.364 e. The molecule has 0 aromatic heterocycles. The highest BCUT2D eigenvalue weighted by molar-refractivity contribution is 4.94. The number of halogens is 6. The number of rotatable bonds is 4. The van der Waals surface area contributed by atoms with Crippen LogP contribution in [-0.4, -0.2) is 36.9 Å². The van der Waals surface area contributed by atoms with Crippen LogP contribution in [0.15, 0.2) is 0 Å². The molecule has 3 rings (SSSR count). The van der Waals surface area contributed by atoms with E-state index in [-0.39, 0.29) is 37.5 Å². The molecule has 1 nitrogen and oxygen atoms in total. The van der Waals surface area contributed by atoms with E-state index in [1.54, 1.807) is 0 Å². The van der Waals surface area contributed by atoms with Crippen molar-refractivity contribution in [2.24, 2.45) is 17.8 Å². The van der Waals surface area contributed by atoms with Crippen molar-refractivity contribution in [2.75, 3.05) is 0 Å². The summed E-state index contributed by atoms with van der Waals surface area (Å²) >= 11 is 0. The molecule has 3 aliphatic rings. The smallest absolute Gasteiger partial charge is 0.317 e. The summed E-state index contributed by atoms with van der Waals surface area (Å²) in [5.41, 5.74) is 0. The summed E-state index contributed by atoms with van der Waals surface area (Å²) < 4.78 is 89.2. The lowest BCUT2D eigenvalue weighted by molar-refractivity contribution is -0.321. The Balaban J connectivity index is 1.60. The first-order valence-electron chi connectivity index (χ1n) is 9.90. The molecule has 26 heavy (non-hydrogen) atoms. The quantitative estimate of drug-likeness (QED) is 0.530. The summed E-state index contributed by atoms with van der Waals surface area (Å²) in [5.74, 6) is -2.16. The Hall–Kier alpha value is -0.460. The topological polar surface area (TPSA) is 9.23 Å². The van der Waals surface area contributed by atoms with Crippen LogP contribution in [0.1, 0.15) is 64.2 Å². The lowest BCUT2D eigenvalue weighted by Gasteiger charge is -2.42. The van der Waals surface area contributed by atoms with E-state index in [1.807, 2.05) is 0 Å². The first kappa shape index (κ1) is 20.3. The van der Waals surface area contributed by atoms with Crippen molar-refractivity contribution in [1.82, 2.24) is 0 Å². The van der Waals surface area contributed by atoms with Gasteiger partial charge >= 0.3 is 6.11 Å². The summed E-state index contributed by atoms with van der Waals surface area (Å²) in [6.45, 7) is 0. The van der Waals surface area contributed by atoms with Crippen molar-refractivity contribution in [1.29, 1.82) is 0 Å². The minimum absolute atomic E-state index is 0.0670. The highest BCUT2D eigenvalue weighted by atomic mass is 19.3. The number of hydrogen-bond donors (Lipinski definition) is 0. The van der Waals surface area contributed by atoms with E-state index in [2.05, 4.69) is 4.74 Å². The summed E-state index contributed by atoms with van der Waals surface area (Å²) in [5, 5.41) is 0. The van der Waals surface area contributed by atoms with Crippen molar-refractivity contribution in [3.8, 4) is 0 Å². The van der Waals surface area contributed by atoms with Crippen molar-refractivity contribution in [3.05, 3.63) is 0 Å². The van der Waals surface area contributed by atoms with E-state index in [4.69, 9.17) is 0 Å². The second-order valence-corrected chi connectivity index (χ2v) is 8.33. The highest BCUT2D eigenvalue weighted by Gasteiger charge is 2.56. The molecule has 3 aliphatic carbocycles. The third-order valence-corrected chi connectivity index (χ3v) is 6.51. The van der Waals surface area contributed by atoms with E-state index in [0.717, 1.165) is 32.1 Å². The van der Waals surface area contributed by atoms with Crippen molar-refractivity contribution in [3.63, 3.8) is 0 Å². The highest BCUT2D eigenvalue weighted by Crippen LogP contribution is 2.48. The predicted octanol–water partition coefficient (Wildman–Crippen LogP) is 6.11. The van der Waals surface area contributed by atoms with Crippen LogP contribution in [0.25, 0.3) is 0 Å². The Labute approximate surface area is 150 Å². The minimum atomic E-state index is -4.01. The Morgan fingerprint density at radius 3 is 1.81 bits per heavy atom. The van der Waals surface area contributed by atoms with E-state index in [1.165, 1.54) is 0 Å². The van der Waals surface area contributed by atoms with Crippen molar-refractivity contribution >= 4 is 0 Å². The fourth-order valence-electron chi connectivity index (χ4n) is 5.06. The summed E-state index contributed by atoms with van der Waals surface area (Å²) in [4.78, 5) is 0. The second kappa shape index (κ2) is 8.27. The molecule has 7 heteroatoms. The van der Waals surface area contributed by atoms with Gasteiger partial charge in [0.2, 0.25) is 0 Å². The molecule has 0 spiro atoms. The number of alkyl halides is 6. The third-order valence-electron chi connectivity index (χ3n) is 6.51. The van der Waals surface area contributed by atoms with Crippen LogP contribution >= 0.6 is 0 Å². The van der Waals surface area contributed by atoms with Crippen LogP contribution in [0.3, 0.4) is 0 Å². The molecule has 152 valence electrons. The maximum absolute atomic E-state index is 14.6. The maximum atomic E-state index is 14.6. The molecular weight excluding hydrogens is 358 g/mol. The summed E-state index contributed by atoms with van der Waals surface area (Å²) in [6.07, 6.45) is -8.67. The van der Waals surface area contributed by atoms with E-state index in [0.29, 0.717) is 0 Å². The zero-order valence-corrected chi connectivity index (χ0v) is 14.9. The van der Waals surface area contributed by atoms with Crippen LogP contribution in [0.2, 0.25) is 0 Å². The molecule has 0 saturated heterocycles. The normalized spacial score (nSPS) is 43.4. The Morgan fingerprint density at radius 2 is 1.23 bits per heavy atom. The molecule has 0 heterocycles. The zero-order valence-electron chi connectivity index (χ0n) is 14.9. The Bertz CT molecular complexity index is 443. The molecule has 0 radical (unpaired) electrons. The fourth-order valence-corrected chi connectivity index (χ4v) is 5.06. The maximum Gasteiger partial charge on any atom is 0.364 e. The average molecular weight is 386 g/mol. The molecule has 0 aromatic carbocycles. The van der Waals surface area contributed by atoms with Gasteiger partial charge in [-0.3, -0.25) is 0 Å². The van der Waals surface area contributed by atoms with E-state index >= 15 is 0 Å². The van der Waals surface area contributed by atoms with E-state index in [9.17, 15) is 26.3 Å². The molecule has 0 aliphatic heterocycles. The van der Waals surface area contributed by atoms with Crippen molar-refractivity contribution < 1.29 is 31.1 Å². The van der Waals surface area contributed by atoms with Gasteiger partial charge in [0.15, 0.2) is 0 Å². The van der Waals surface area contributed by atoms with Crippen LogP contribution in [-0.2, 0) is 4.74 Å². The lowest BCUT2D eigenvalue weighted by atomic mass is 9.69. The lowest BCUT2D eigenvalue weighted by Crippen LogP contribution is -2.51. The minimum Gasteiger partial charge on any atom is -0.317 e. The standard InChI is InChI=1S/C19H28F6O/c20-14-7-6-13(10-15(14)21)26-19(24,25)18-16(22)8-12(9-17(18)23)11-4-2-1-3-5-11/h11-18H,1-10H2. The summed E-state index contributed by atoms with van der Waals surface area (Å²) in [7, 11) is 0. The molecule has 3 fully saturated rings. The van der Waals surface area contributed by atoms with Gasteiger partial charge in [-0.25, -0.2) is 17.6 Å². The van der Waals surface area contributed by atoms with Gasteiger partial charge in [0.25, 0.3) is 0 Å². The molecule has 5 unspecified atom stereocenters. The number of hydrogen-bond acceptors (Lipinski definition) is 1. The predicted molar refractivity (Wildman–Crippen MR) is 86.0 cm³/mol. The van der Waals surface area contributed by atoms with Gasteiger partial charge in [0, 0.05) is 6.42 Å². The van der Waals surface area contributed by atoms with Crippen LogP contribution in [0.4, 0.5) is 26.3 Å². The Morgan fingerprint density at radius 1 is 0.615 bits per heavy atom. The molecule has 0 bridgehead atoms. The molecule has 5 atom stereocenters. The van der Waals surface area contributed by atoms with E-state index < -0.39 is 49.2 Å². The zero-order chi connectivity index (χ0) is 18.9. The number of ether oxygens (including phenoxy) is 1. The van der Waals surface area contributed by atoms with Gasteiger partial charge in [0.05, 0.1) is 6.10 Å². The average Bonchev–Trinajstić information content (AvgIpc) is 2.58. The Kier molecular flexibility index (Phi) is 6.45. The van der Waals surface area contributed by atoms with Crippen LogP contribution in [0.5, 0.6) is 0 Å². The first-order valence-corrected chi connectivity index (χ1v) is 9.90. The molecule has 0 N–H and O–H groups in total. The van der Waals surface area contributed by atoms with Gasteiger partial charge in [0.1, 0.15) is 30.6 Å². The summed E-state index contributed by atoms with van der Waals surface area (Å²) in [6, 6.07) is 0. The third kappa shape index (κ3) is 4.50. The molecular formula is C19H28F6O. The van der Waals surface area contributed by atoms with Crippen LogP contribution in [0, 0.1) is 17.8 Å². The monoisotopic (exact) mass is 386 g/mol. The molecule has 0 amide bonds. The second-order valence-electron chi connectivity index (χ2n) is 8.33. The van der Waals surface area contributed by atoms with Gasteiger partial charge in [-0.2, -0.15) is 8.78 Å². The van der Waals surface area contributed by atoms with Gasteiger partial charge in [-0.15, -0.1) is 0 Å². The van der Waals surface area contributed by atoms with Gasteiger partial charge < -0.3 is 4.74 Å². The first-order chi connectivity index (χ1) is 12.3.